The molecule has 2 fully saturated rings. The van der Waals surface area contributed by atoms with E-state index in [4.69, 9.17) is 21.1 Å². The average molecular weight is 397 g/mol. The number of phenolic OH excluding ortho intramolecular Hbond substituents is 1. The summed E-state index contributed by atoms with van der Waals surface area (Å²) in [6, 6.07) is 5.63. The Bertz CT molecular complexity index is 636. The number of ether oxygens (including phenoxy) is 2. The highest BCUT2D eigenvalue weighted by molar-refractivity contribution is 6.30. The molecule has 0 unspecified atom stereocenters. The molecule has 2 aliphatic heterocycles. The van der Waals surface area contributed by atoms with Crippen LogP contribution in [0.5, 0.6) is 5.75 Å². The first kappa shape index (κ1) is 20.4. The third kappa shape index (κ3) is 5.57. The summed E-state index contributed by atoms with van der Waals surface area (Å²) in [5.41, 5.74) is 0.846. The summed E-state index contributed by atoms with van der Waals surface area (Å²) in [5.74, 6) is 0.512. The van der Waals surface area contributed by atoms with Gasteiger partial charge in [-0.2, -0.15) is 0 Å². The number of esters is 1. The van der Waals surface area contributed by atoms with Crippen LogP contribution in [0.1, 0.15) is 24.8 Å². The van der Waals surface area contributed by atoms with Gasteiger partial charge in [0.05, 0.1) is 20.3 Å². The summed E-state index contributed by atoms with van der Waals surface area (Å²) in [5, 5.41) is 10.8. The number of hydrogen-bond acceptors (Lipinski definition) is 6. The molecule has 1 N–H and O–H groups in total. The minimum absolute atomic E-state index is 0.152. The lowest BCUT2D eigenvalue weighted by Crippen LogP contribution is -2.53. The number of nitrogens with zero attached hydrogens (tertiary/aromatic N) is 2. The van der Waals surface area contributed by atoms with E-state index in [0.29, 0.717) is 29.9 Å². The Hall–Kier alpha value is -1.34. The van der Waals surface area contributed by atoms with Crippen LogP contribution in [0.25, 0.3) is 0 Å². The van der Waals surface area contributed by atoms with Crippen molar-refractivity contribution in [3.63, 3.8) is 0 Å². The summed E-state index contributed by atoms with van der Waals surface area (Å²) in [7, 11) is 1.44. The van der Waals surface area contributed by atoms with Gasteiger partial charge >= 0.3 is 5.97 Å². The van der Waals surface area contributed by atoms with Crippen LogP contribution in [-0.2, 0) is 20.8 Å². The number of halogens is 1. The Kier molecular flexibility index (Phi) is 7.35. The monoisotopic (exact) mass is 396 g/mol. The number of piperidine rings is 1. The minimum atomic E-state index is -0.152. The van der Waals surface area contributed by atoms with Crippen LogP contribution in [0.2, 0.25) is 5.02 Å². The van der Waals surface area contributed by atoms with Gasteiger partial charge in [0.1, 0.15) is 5.75 Å². The van der Waals surface area contributed by atoms with Gasteiger partial charge in [0.2, 0.25) is 0 Å². The fourth-order valence-corrected chi connectivity index (χ4v) is 4.43. The van der Waals surface area contributed by atoms with E-state index in [2.05, 4.69) is 9.80 Å². The molecule has 0 bridgehead atoms. The van der Waals surface area contributed by atoms with Crippen LogP contribution in [0.4, 0.5) is 0 Å². The molecule has 1 aromatic rings. The first-order chi connectivity index (χ1) is 13.1. The van der Waals surface area contributed by atoms with Crippen molar-refractivity contribution in [3.05, 3.63) is 28.8 Å². The fraction of sp³-hybridized carbons (Fsp3) is 0.650. The molecule has 0 radical (unpaired) electrons. The second-order valence-corrected chi connectivity index (χ2v) is 7.82. The predicted molar refractivity (Wildman–Crippen MR) is 104 cm³/mol. The van der Waals surface area contributed by atoms with E-state index in [1.165, 1.54) is 7.11 Å². The molecule has 2 atom stereocenters. The van der Waals surface area contributed by atoms with Gasteiger partial charge in [-0.15, -0.1) is 0 Å². The molecule has 0 aromatic heterocycles. The quantitative estimate of drug-likeness (QED) is 0.745. The molecule has 150 valence electrons. The number of rotatable bonds is 6. The van der Waals surface area contributed by atoms with Gasteiger partial charge in [-0.25, -0.2) is 0 Å². The smallest absolute Gasteiger partial charge is 0.305 e. The summed E-state index contributed by atoms with van der Waals surface area (Å²) in [6.45, 7) is 5.98. The molecule has 0 saturated carbocycles. The van der Waals surface area contributed by atoms with Crippen LogP contribution >= 0.6 is 11.6 Å². The predicted octanol–water partition coefficient (Wildman–Crippen LogP) is 2.52. The Labute approximate surface area is 166 Å². The van der Waals surface area contributed by atoms with Gasteiger partial charge in [-0.3, -0.25) is 14.6 Å². The number of benzene rings is 1. The maximum atomic E-state index is 11.7. The largest absolute Gasteiger partial charge is 0.508 e. The number of likely N-dealkylation sites (tertiary alicyclic amines) is 1. The van der Waals surface area contributed by atoms with Crippen molar-refractivity contribution >= 4 is 17.6 Å². The highest BCUT2D eigenvalue weighted by atomic mass is 35.5. The van der Waals surface area contributed by atoms with E-state index in [9.17, 15) is 9.90 Å². The summed E-state index contributed by atoms with van der Waals surface area (Å²) in [4.78, 5) is 16.5. The number of carbonyl (C=O) groups excluding carboxylic acids is 1. The van der Waals surface area contributed by atoms with E-state index in [1.807, 2.05) is 6.07 Å². The molecule has 3 rings (SSSR count). The Balaban J connectivity index is 1.66. The molecule has 7 heteroatoms. The van der Waals surface area contributed by atoms with Gasteiger partial charge < -0.3 is 14.6 Å². The number of morpholine rings is 1. The van der Waals surface area contributed by atoms with Gasteiger partial charge in [0.15, 0.2) is 0 Å². The number of carbonyl (C=O) groups is 1. The number of aromatic hydroxyl groups is 1. The highest BCUT2D eigenvalue weighted by Crippen LogP contribution is 2.30. The highest BCUT2D eigenvalue weighted by Gasteiger charge is 2.34. The lowest BCUT2D eigenvalue weighted by molar-refractivity contribution is -0.141. The first-order valence-corrected chi connectivity index (χ1v) is 10.0. The zero-order chi connectivity index (χ0) is 19.2. The standard InChI is InChI=1S/C20H29ClN2O4/c1-26-20(25)5-2-15-13-22(14-16-12-17(21)3-4-19(16)24)7-6-18(15)23-8-10-27-11-9-23/h3-4,12,15,18,24H,2,5-11,13-14H2,1H3/t15-,18+/m0/s1. The average Bonchev–Trinajstić information content (AvgIpc) is 2.69. The molecule has 0 spiro atoms. The van der Waals surface area contributed by atoms with Gasteiger partial charge in [0.25, 0.3) is 0 Å². The molecule has 2 heterocycles. The van der Waals surface area contributed by atoms with E-state index in [-0.39, 0.29) is 11.7 Å². The second-order valence-electron chi connectivity index (χ2n) is 7.39. The fourth-order valence-electron chi connectivity index (χ4n) is 4.24. The minimum Gasteiger partial charge on any atom is -0.508 e. The van der Waals surface area contributed by atoms with Crippen LogP contribution in [0.3, 0.4) is 0 Å². The molecule has 2 aliphatic rings. The van der Waals surface area contributed by atoms with E-state index < -0.39 is 0 Å². The second kappa shape index (κ2) is 9.73. The molecule has 27 heavy (non-hydrogen) atoms. The Morgan fingerprint density at radius 2 is 2.11 bits per heavy atom. The lowest BCUT2D eigenvalue weighted by Gasteiger charge is -2.45. The summed E-state index contributed by atoms with van der Waals surface area (Å²) < 4.78 is 10.3. The summed E-state index contributed by atoms with van der Waals surface area (Å²) in [6.07, 6.45) is 2.30. The van der Waals surface area contributed by atoms with Gasteiger partial charge in [-0.1, -0.05) is 11.6 Å². The zero-order valence-corrected chi connectivity index (χ0v) is 16.7. The topological polar surface area (TPSA) is 62.2 Å². The van der Waals surface area contributed by atoms with Crippen molar-refractivity contribution in [2.75, 3.05) is 46.5 Å². The maximum absolute atomic E-state index is 11.7. The molecular weight excluding hydrogens is 368 g/mol. The van der Waals surface area contributed by atoms with Crippen LogP contribution in [-0.4, -0.2) is 73.4 Å². The van der Waals surface area contributed by atoms with Crippen molar-refractivity contribution in [2.45, 2.75) is 31.8 Å². The maximum Gasteiger partial charge on any atom is 0.305 e. The molecular formula is C20H29ClN2O4. The number of phenols is 1. The van der Waals surface area contributed by atoms with E-state index in [0.717, 1.165) is 57.8 Å². The van der Waals surface area contributed by atoms with E-state index >= 15 is 0 Å². The lowest BCUT2D eigenvalue weighted by atomic mass is 9.86. The van der Waals surface area contributed by atoms with Crippen LogP contribution < -0.4 is 0 Å². The zero-order valence-electron chi connectivity index (χ0n) is 15.9. The van der Waals surface area contributed by atoms with Crippen molar-refractivity contribution < 1.29 is 19.4 Å². The van der Waals surface area contributed by atoms with Gasteiger partial charge in [0, 0.05) is 49.2 Å². The normalized spacial score (nSPS) is 24.7. The van der Waals surface area contributed by atoms with Gasteiger partial charge in [-0.05, 0) is 43.5 Å². The Morgan fingerprint density at radius 1 is 1.33 bits per heavy atom. The molecule has 0 aliphatic carbocycles. The third-order valence-corrected chi connectivity index (χ3v) is 5.91. The number of hydrogen-bond donors (Lipinski definition) is 1. The van der Waals surface area contributed by atoms with E-state index in [1.54, 1.807) is 12.1 Å². The van der Waals surface area contributed by atoms with Crippen LogP contribution in [0.15, 0.2) is 18.2 Å². The molecule has 0 amide bonds. The van der Waals surface area contributed by atoms with Crippen molar-refractivity contribution in [1.82, 2.24) is 9.80 Å². The van der Waals surface area contributed by atoms with Crippen molar-refractivity contribution in [1.29, 1.82) is 0 Å². The SMILES string of the molecule is COC(=O)CC[C@H]1CN(Cc2cc(Cl)ccc2O)CC[C@H]1N1CCOCC1. The van der Waals surface area contributed by atoms with Crippen molar-refractivity contribution in [2.24, 2.45) is 5.92 Å². The molecule has 2 saturated heterocycles. The van der Waals surface area contributed by atoms with Crippen molar-refractivity contribution in [3.8, 4) is 5.75 Å². The molecule has 1 aromatic carbocycles. The number of methoxy groups -OCH3 is 1. The third-order valence-electron chi connectivity index (χ3n) is 5.68. The molecule has 6 nitrogen and oxygen atoms in total. The first-order valence-electron chi connectivity index (χ1n) is 9.65. The summed E-state index contributed by atoms with van der Waals surface area (Å²) >= 11 is 6.09. The Morgan fingerprint density at radius 3 is 2.85 bits per heavy atom. The van der Waals surface area contributed by atoms with Crippen LogP contribution in [0, 0.1) is 5.92 Å².